The molecule has 0 aliphatic carbocycles. The van der Waals surface area contributed by atoms with Crippen LogP contribution >= 0.6 is 0 Å². The lowest BCUT2D eigenvalue weighted by Crippen LogP contribution is -2.25. The Hall–Kier alpha value is -2.37. The summed E-state index contributed by atoms with van der Waals surface area (Å²) in [6.45, 7) is 0.743. The third-order valence-corrected chi connectivity index (χ3v) is 3.53. The average molecular weight is 304 g/mol. The first-order valence-corrected chi connectivity index (χ1v) is 7.43. The molecule has 22 heavy (non-hydrogen) atoms. The maximum absolute atomic E-state index is 11.5. The fourth-order valence-corrected chi connectivity index (χ4v) is 2.32. The fraction of sp³-hybridized carbons (Fsp3) is 0.438. The molecule has 1 unspecified atom stereocenters. The van der Waals surface area contributed by atoms with Crippen LogP contribution in [-0.2, 0) is 20.9 Å². The Labute approximate surface area is 129 Å². The van der Waals surface area contributed by atoms with Crippen LogP contribution in [0.4, 0.5) is 4.79 Å². The van der Waals surface area contributed by atoms with Gasteiger partial charge in [-0.2, -0.15) is 0 Å². The minimum Gasteiger partial charge on any atom is -0.445 e. The Morgan fingerprint density at radius 1 is 1.23 bits per heavy atom. The molecule has 6 heteroatoms. The number of amides is 3. The fourth-order valence-electron chi connectivity index (χ4n) is 2.32. The van der Waals surface area contributed by atoms with Gasteiger partial charge in [0.15, 0.2) is 0 Å². The van der Waals surface area contributed by atoms with E-state index in [1.165, 1.54) is 0 Å². The standard InChI is InChI=1S/C16H20N2O4/c19-14-10-13(15(20)18-14)8-4-5-9-17-16(21)22-11-12-6-2-1-3-7-12/h1-3,6-7,13H,4-5,8-11H2,(H,17,21)(H,18,19,20). The number of carbonyl (C=O) groups is 3. The van der Waals surface area contributed by atoms with Gasteiger partial charge in [-0.1, -0.05) is 36.8 Å². The summed E-state index contributed by atoms with van der Waals surface area (Å²) < 4.78 is 5.08. The van der Waals surface area contributed by atoms with Gasteiger partial charge in [0.2, 0.25) is 11.8 Å². The Bertz CT molecular complexity index is 530. The van der Waals surface area contributed by atoms with Crippen molar-refractivity contribution < 1.29 is 19.1 Å². The minimum atomic E-state index is -0.447. The van der Waals surface area contributed by atoms with Gasteiger partial charge < -0.3 is 10.1 Å². The highest BCUT2D eigenvalue weighted by atomic mass is 16.5. The third-order valence-electron chi connectivity index (χ3n) is 3.53. The topological polar surface area (TPSA) is 84.5 Å². The second-order valence-electron chi connectivity index (χ2n) is 5.30. The van der Waals surface area contributed by atoms with Crippen LogP contribution < -0.4 is 10.6 Å². The monoisotopic (exact) mass is 304 g/mol. The van der Waals surface area contributed by atoms with Crippen LogP contribution in [0.5, 0.6) is 0 Å². The molecule has 2 N–H and O–H groups in total. The molecule has 0 radical (unpaired) electrons. The van der Waals surface area contributed by atoms with Gasteiger partial charge in [0.05, 0.1) is 0 Å². The molecule has 1 atom stereocenters. The van der Waals surface area contributed by atoms with Crippen molar-refractivity contribution in [3.05, 3.63) is 35.9 Å². The van der Waals surface area contributed by atoms with Gasteiger partial charge in [-0.05, 0) is 18.4 Å². The Morgan fingerprint density at radius 3 is 2.68 bits per heavy atom. The first-order valence-electron chi connectivity index (χ1n) is 7.43. The van der Waals surface area contributed by atoms with Crippen molar-refractivity contribution in [2.45, 2.75) is 32.3 Å². The molecule has 1 aliphatic rings. The van der Waals surface area contributed by atoms with Crippen LogP contribution in [0.2, 0.25) is 0 Å². The molecular weight excluding hydrogens is 284 g/mol. The van der Waals surface area contributed by atoms with Crippen LogP contribution in [0, 0.1) is 5.92 Å². The summed E-state index contributed by atoms with van der Waals surface area (Å²) in [5.41, 5.74) is 0.939. The van der Waals surface area contributed by atoms with Gasteiger partial charge in [0, 0.05) is 18.9 Å². The number of hydrogen-bond donors (Lipinski definition) is 2. The number of carbonyl (C=O) groups excluding carboxylic acids is 3. The zero-order chi connectivity index (χ0) is 15.8. The van der Waals surface area contributed by atoms with Crippen molar-refractivity contribution >= 4 is 17.9 Å². The summed E-state index contributed by atoms with van der Waals surface area (Å²) in [7, 11) is 0. The molecule has 1 saturated heterocycles. The quantitative estimate of drug-likeness (QED) is 0.593. The van der Waals surface area contributed by atoms with E-state index in [4.69, 9.17) is 4.74 Å². The number of nitrogens with one attached hydrogen (secondary N) is 2. The highest BCUT2D eigenvalue weighted by Gasteiger charge is 2.29. The molecular formula is C16H20N2O4. The van der Waals surface area contributed by atoms with E-state index in [1.54, 1.807) is 0 Å². The van der Waals surface area contributed by atoms with Crippen molar-refractivity contribution in [2.75, 3.05) is 6.54 Å². The van der Waals surface area contributed by atoms with E-state index < -0.39 is 6.09 Å². The molecule has 0 spiro atoms. The summed E-state index contributed by atoms with van der Waals surface area (Å²) in [4.78, 5) is 33.9. The molecule has 1 aromatic carbocycles. The van der Waals surface area contributed by atoms with E-state index in [0.717, 1.165) is 18.4 Å². The van der Waals surface area contributed by atoms with Gasteiger partial charge in [0.1, 0.15) is 6.61 Å². The normalized spacial score (nSPS) is 17.2. The van der Waals surface area contributed by atoms with E-state index in [-0.39, 0.29) is 30.8 Å². The molecule has 0 saturated carbocycles. The Balaban J connectivity index is 1.52. The SMILES string of the molecule is O=C1CC(CCCCNC(=O)OCc2ccccc2)C(=O)N1. The molecule has 3 amide bonds. The first kappa shape index (κ1) is 16.0. The molecule has 1 aromatic rings. The Kier molecular flexibility index (Phi) is 5.94. The second kappa shape index (κ2) is 8.17. The highest BCUT2D eigenvalue weighted by molar-refractivity contribution is 6.03. The maximum Gasteiger partial charge on any atom is 0.407 e. The molecule has 2 rings (SSSR count). The van der Waals surface area contributed by atoms with Gasteiger partial charge in [0.25, 0.3) is 0 Å². The van der Waals surface area contributed by atoms with E-state index in [0.29, 0.717) is 13.0 Å². The first-order chi connectivity index (χ1) is 10.6. The van der Waals surface area contributed by atoms with Crippen LogP contribution in [0.15, 0.2) is 30.3 Å². The van der Waals surface area contributed by atoms with Crippen LogP contribution in [0.25, 0.3) is 0 Å². The van der Waals surface area contributed by atoms with Crippen molar-refractivity contribution in [3.8, 4) is 0 Å². The second-order valence-corrected chi connectivity index (χ2v) is 5.30. The van der Waals surface area contributed by atoms with Gasteiger partial charge in [-0.15, -0.1) is 0 Å². The number of rotatable bonds is 7. The van der Waals surface area contributed by atoms with Crippen LogP contribution in [0.3, 0.4) is 0 Å². The molecule has 6 nitrogen and oxygen atoms in total. The van der Waals surface area contributed by atoms with Crippen molar-refractivity contribution in [3.63, 3.8) is 0 Å². The predicted octanol–water partition coefficient (Wildman–Crippen LogP) is 1.75. The summed E-state index contributed by atoms with van der Waals surface area (Å²) in [5.74, 6) is -0.588. The number of ether oxygens (including phenoxy) is 1. The third kappa shape index (κ3) is 5.20. The van der Waals surface area contributed by atoms with Crippen LogP contribution in [0.1, 0.15) is 31.2 Å². The summed E-state index contributed by atoms with van der Waals surface area (Å²) in [5, 5.41) is 4.96. The Morgan fingerprint density at radius 2 is 2.00 bits per heavy atom. The molecule has 1 aliphatic heterocycles. The largest absolute Gasteiger partial charge is 0.445 e. The lowest BCUT2D eigenvalue weighted by molar-refractivity contribution is -0.125. The zero-order valence-corrected chi connectivity index (χ0v) is 12.3. The van der Waals surface area contributed by atoms with Crippen molar-refractivity contribution in [1.29, 1.82) is 0 Å². The highest BCUT2D eigenvalue weighted by Crippen LogP contribution is 2.17. The number of imide groups is 1. The number of hydrogen-bond acceptors (Lipinski definition) is 4. The summed E-state index contributed by atoms with van der Waals surface area (Å²) >= 11 is 0. The van der Waals surface area contributed by atoms with Crippen LogP contribution in [-0.4, -0.2) is 24.5 Å². The number of unbranched alkanes of at least 4 members (excludes halogenated alkanes) is 1. The van der Waals surface area contributed by atoms with Gasteiger partial charge >= 0.3 is 6.09 Å². The lowest BCUT2D eigenvalue weighted by Gasteiger charge is -2.08. The van der Waals surface area contributed by atoms with Crippen molar-refractivity contribution in [2.24, 2.45) is 5.92 Å². The summed E-state index contributed by atoms with van der Waals surface area (Å²) in [6, 6.07) is 9.46. The average Bonchev–Trinajstić information content (AvgIpc) is 2.84. The van der Waals surface area contributed by atoms with Gasteiger partial charge in [-0.25, -0.2) is 4.79 Å². The van der Waals surface area contributed by atoms with E-state index >= 15 is 0 Å². The molecule has 0 bridgehead atoms. The molecule has 1 heterocycles. The minimum absolute atomic E-state index is 0.180. The lowest BCUT2D eigenvalue weighted by atomic mass is 10.0. The number of benzene rings is 1. The summed E-state index contributed by atoms with van der Waals surface area (Å²) in [6.07, 6.45) is 2.03. The zero-order valence-electron chi connectivity index (χ0n) is 12.3. The molecule has 118 valence electrons. The van der Waals surface area contributed by atoms with E-state index in [9.17, 15) is 14.4 Å². The predicted molar refractivity (Wildman–Crippen MR) is 79.7 cm³/mol. The van der Waals surface area contributed by atoms with E-state index in [1.807, 2.05) is 30.3 Å². The number of alkyl carbamates (subject to hydrolysis) is 1. The van der Waals surface area contributed by atoms with E-state index in [2.05, 4.69) is 10.6 Å². The maximum atomic E-state index is 11.5. The smallest absolute Gasteiger partial charge is 0.407 e. The van der Waals surface area contributed by atoms with Crippen molar-refractivity contribution in [1.82, 2.24) is 10.6 Å². The molecule has 1 fully saturated rings. The molecule has 0 aromatic heterocycles. The van der Waals surface area contributed by atoms with Gasteiger partial charge in [-0.3, -0.25) is 14.9 Å².